The van der Waals surface area contributed by atoms with Gasteiger partial charge in [-0.2, -0.15) is 0 Å². The second kappa shape index (κ2) is 13.6. The monoisotopic (exact) mass is 499 g/mol. The van der Waals surface area contributed by atoms with Crippen LogP contribution in [0.25, 0.3) is 0 Å². The molecular weight excluding hydrogens is 479 g/mol. The first kappa shape index (κ1) is 25.5. The number of hydrogen-bond acceptors (Lipinski definition) is 5. The fourth-order valence-corrected chi connectivity index (χ4v) is 2.70. The Labute approximate surface area is 177 Å². The molecule has 2 aromatic rings. The molecule has 9 heteroatoms. The van der Waals surface area contributed by atoms with Gasteiger partial charge in [0, 0.05) is 47.5 Å². The van der Waals surface area contributed by atoms with Crippen molar-refractivity contribution in [1.82, 2.24) is 0 Å². The summed E-state index contributed by atoms with van der Waals surface area (Å²) in [5.74, 6) is -1.01. The van der Waals surface area contributed by atoms with E-state index < -0.39 is 5.97 Å². The molecule has 6 N–H and O–H groups in total. The number of hydrogen-bond donors (Lipinski definition) is 4. The van der Waals surface area contributed by atoms with Crippen LogP contribution < -0.4 is 11.5 Å². The summed E-state index contributed by atoms with van der Waals surface area (Å²) in [7, 11) is 0. The third kappa shape index (κ3) is 9.81. The lowest BCUT2D eigenvalue weighted by Gasteiger charge is -2.00. The maximum atomic E-state index is 10.5. The summed E-state index contributed by atoms with van der Waals surface area (Å²) in [5.41, 5.74) is 12.7. The van der Waals surface area contributed by atoms with E-state index in [0.29, 0.717) is 10.2 Å². The first-order valence-corrected chi connectivity index (χ1v) is 9.44. The number of aliphatic hydroxyl groups excluding tert-OH is 1. The summed E-state index contributed by atoms with van der Waals surface area (Å²) in [6.45, 7) is 1.99. The van der Waals surface area contributed by atoms with Crippen LogP contribution in [0.1, 0.15) is 28.8 Å². The molecule has 3 rings (SSSR count). The lowest BCUT2D eigenvalue weighted by atomic mass is 10.2. The average Bonchev–Trinajstić information content (AvgIpc) is 3.19. The second-order valence-electron chi connectivity index (χ2n) is 5.36. The van der Waals surface area contributed by atoms with Crippen molar-refractivity contribution in [1.29, 1.82) is 0 Å². The Morgan fingerprint density at radius 1 is 1.00 bits per heavy atom. The van der Waals surface area contributed by atoms with Crippen molar-refractivity contribution in [3.05, 3.63) is 56.5 Å². The number of carboxylic acid groups (broad SMARTS) is 1. The molecule has 1 heterocycles. The number of anilines is 2. The molecule has 0 amide bonds. The van der Waals surface area contributed by atoms with Crippen molar-refractivity contribution in [2.45, 2.75) is 19.4 Å². The minimum Gasteiger partial charge on any atom is -0.478 e. The van der Waals surface area contributed by atoms with E-state index in [0.717, 1.165) is 23.2 Å². The Kier molecular flexibility index (Phi) is 12.8. The standard InChI is InChI=1S/C7H6BrNO2.C7H8BrNO.C4H8O.B/c8-4-1-2-6(9)5(3-4)7(10)11;8-6-1-2-7(9)5(3-6)4-10;1-2-4-5-3-1;/h1-3H,9H2,(H,10,11);1-3,10H,4,9H2;1-4H2;. The highest BCUT2D eigenvalue weighted by Gasteiger charge is 2.06. The molecule has 0 aromatic heterocycles. The molecule has 2 aromatic carbocycles. The minimum absolute atomic E-state index is 0. The number of rotatable bonds is 2. The maximum Gasteiger partial charge on any atom is 0.337 e. The van der Waals surface area contributed by atoms with Gasteiger partial charge in [0.15, 0.2) is 0 Å². The predicted octanol–water partition coefficient (Wildman–Crippen LogP) is 3.67. The van der Waals surface area contributed by atoms with Crippen molar-refractivity contribution in [2.75, 3.05) is 24.7 Å². The maximum absolute atomic E-state index is 10.5. The number of carboxylic acids is 1. The number of halogens is 2. The van der Waals surface area contributed by atoms with Gasteiger partial charge in [-0.25, -0.2) is 4.79 Å². The zero-order chi connectivity index (χ0) is 19.5. The van der Waals surface area contributed by atoms with Crippen LogP contribution in [0, 0.1) is 0 Å². The van der Waals surface area contributed by atoms with Crippen molar-refractivity contribution >= 4 is 57.6 Å². The zero-order valence-electron chi connectivity index (χ0n) is 14.7. The van der Waals surface area contributed by atoms with Gasteiger partial charge in [0.25, 0.3) is 0 Å². The van der Waals surface area contributed by atoms with Crippen molar-refractivity contribution in [3.63, 3.8) is 0 Å². The molecule has 0 spiro atoms. The van der Waals surface area contributed by atoms with E-state index in [4.69, 9.17) is 26.4 Å². The molecule has 0 atom stereocenters. The van der Waals surface area contributed by atoms with Crippen LogP contribution in [-0.2, 0) is 11.3 Å². The van der Waals surface area contributed by atoms with Gasteiger partial charge in [0.05, 0.1) is 12.2 Å². The van der Waals surface area contributed by atoms with Gasteiger partial charge in [-0.15, -0.1) is 0 Å². The first-order valence-electron chi connectivity index (χ1n) is 7.86. The number of ether oxygens (including phenoxy) is 1. The minimum atomic E-state index is -1.01. The molecule has 1 aliphatic heterocycles. The van der Waals surface area contributed by atoms with E-state index in [2.05, 4.69) is 31.9 Å². The molecule has 6 nitrogen and oxygen atoms in total. The van der Waals surface area contributed by atoms with Crippen LogP contribution in [-0.4, -0.2) is 37.8 Å². The number of carbonyl (C=O) groups is 1. The number of nitrogens with two attached hydrogens (primary N) is 2. The molecular formula is C18H22BBr2N2O4. The lowest BCUT2D eigenvalue weighted by Crippen LogP contribution is -2.01. The Hall–Kier alpha value is -1.55. The summed E-state index contributed by atoms with van der Waals surface area (Å²) in [4.78, 5) is 10.5. The Bertz CT molecular complexity index is 721. The molecule has 0 unspecified atom stereocenters. The van der Waals surface area contributed by atoms with E-state index >= 15 is 0 Å². The first-order chi connectivity index (χ1) is 12.3. The van der Waals surface area contributed by atoms with Crippen LogP contribution in [0.5, 0.6) is 0 Å². The highest BCUT2D eigenvalue weighted by Crippen LogP contribution is 2.18. The van der Waals surface area contributed by atoms with Crippen LogP contribution in [0.4, 0.5) is 11.4 Å². The summed E-state index contributed by atoms with van der Waals surface area (Å²) in [5, 5.41) is 17.3. The quantitative estimate of drug-likeness (QED) is 0.369. The van der Waals surface area contributed by atoms with Gasteiger partial charge in [0.1, 0.15) is 0 Å². The highest BCUT2D eigenvalue weighted by molar-refractivity contribution is 9.10. The van der Waals surface area contributed by atoms with E-state index in [-0.39, 0.29) is 26.3 Å². The van der Waals surface area contributed by atoms with Crippen molar-refractivity contribution in [2.24, 2.45) is 0 Å². The molecule has 0 bridgehead atoms. The van der Waals surface area contributed by atoms with E-state index in [1.807, 2.05) is 6.07 Å². The molecule has 145 valence electrons. The summed E-state index contributed by atoms with van der Waals surface area (Å²) >= 11 is 6.42. The Morgan fingerprint density at radius 2 is 1.52 bits per heavy atom. The number of aromatic carboxylic acids is 1. The van der Waals surface area contributed by atoms with Gasteiger partial charge in [-0.3, -0.25) is 0 Å². The third-order valence-electron chi connectivity index (χ3n) is 3.35. The van der Waals surface area contributed by atoms with E-state index in [1.165, 1.54) is 18.9 Å². The number of benzene rings is 2. The summed E-state index contributed by atoms with van der Waals surface area (Å²) in [6.07, 6.45) is 2.56. The summed E-state index contributed by atoms with van der Waals surface area (Å²) in [6, 6.07) is 10.1. The second-order valence-corrected chi connectivity index (χ2v) is 7.19. The van der Waals surface area contributed by atoms with Gasteiger partial charge >= 0.3 is 5.97 Å². The molecule has 3 radical (unpaired) electrons. The molecule has 0 saturated carbocycles. The van der Waals surface area contributed by atoms with Crippen molar-refractivity contribution < 1.29 is 19.7 Å². The van der Waals surface area contributed by atoms with Gasteiger partial charge in [-0.05, 0) is 49.2 Å². The largest absolute Gasteiger partial charge is 0.478 e. The Morgan fingerprint density at radius 3 is 1.89 bits per heavy atom. The smallest absolute Gasteiger partial charge is 0.337 e. The summed E-state index contributed by atoms with van der Waals surface area (Å²) < 4.78 is 6.59. The number of nitrogen functional groups attached to an aromatic ring is 2. The van der Waals surface area contributed by atoms with Crippen LogP contribution in [0.2, 0.25) is 0 Å². The normalized spacial score (nSPS) is 12.0. The van der Waals surface area contributed by atoms with Crippen LogP contribution in [0.3, 0.4) is 0 Å². The zero-order valence-corrected chi connectivity index (χ0v) is 17.9. The fourth-order valence-electron chi connectivity index (χ4n) is 1.94. The van der Waals surface area contributed by atoms with Crippen molar-refractivity contribution in [3.8, 4) is 0 Å². The van der Waals surface area contributed by atoms with Crippen LogP contribution >= 0.6 is 31.9 Å². The van der Waals surface area contributed by atoms with Crippen LogP contribution in [0.15, 0.2) is 45.3 Å². The van der Waals surface area contributed by atoms with E-state index in [9.17, 15) is 4.79 Å². The SMILES string of the molecule is C1CCOC1.Nc1ccc(Br)cc1C(=O)O.Nc1ccc(Br)cc1CO.[B]. The molecule has 27 heavy (non-hydrogen) atoms. The topological polar surface area (TPSA) is 119 Å². The molecule has 1 aliphatic rings. The highest BCUT2D eigenvalue weighted by atomic mass is 79.9. The fraction of sp³-hybridized carbons (Fsp3) is 0.278. The van der Waals surface area contributed by atoms with E-state index in [1.54, 1.807) is 24.3 Å². The lowest BCUT2D eigenvalue weighted by molar-refractivity contribution is 0.0698. The average molecular weight is 501 g/mol. The van der Waals surface area contributed by atoms with Gasteiger partial charge in [-0.1, -0.05) is 31.9 Å². The third-order valence-corrected chi connectivity index (χ3v) is 4.33. The predicted molar refractivity (Wildman–Crippen MR) is 116 cm³/mol. The molecule has 1 saturated heterocycles. The van der Waals surface area contributed by atoms with Gasteiger partial charge < -0.3 is 26.4 Å². The number of aliphatic hydroxyl groups is 1. The molecule has 0 aliphatic carbocycles. The Balaban J connectivity index is 0.000000391. The molecule has 1 fully saturated rings. The van der Waals surface area contributed by atoms with Gasteiger partial charge in [0.2, 0.25) is 0 Å².